The molecule has 2 heterocycles. The van der Waals surface area contributed by atoms with Crippen LogP contribution >= 0.6 is 0 Å². The van der Waals surface area contributed by atoms with Crippen LogP contribution in [-0.4, -0.2) is 54.6 Å². The predicted molar refractivity (Wildman–Crippen MR) is 80.8 cm³/mol. The third kappa shape index (κ3) is 4.49. The van der Waals surface area contributed by atoms with Crippen LogP contribution in [0.5, 0.6) is 0 Å². The van der Waals surface area contributed by atoms with Gasteiger partial charge in [0.1, 0.15) is 5.82 Å². The minimum absolute atomic E-state index is 0.146. The van der Waals surface area contributed by atoms with Crippen molar-refractivity contribution in [1.82, 2.24) is 15.2 Å². The molecule has 0 atom stereocenters. The van der Waals surface area contributed by atoms with E-state index in [9.17, 15) is 4.79 Å². The van der Waals surface area contributed by atoms with E-state index >= 15 is 0 Å². The lowest BCUT2D eigenvalue weighted by atomic mass is 10.2. The molecule has 5 heteroatoms. The Morgan fingerprint density at radius 1 is 1.30 bits per heavy atom. The minimum Gasteiger partial charge on any atom is -0.354 e. The molecule has 0 bridgehead atoms. The lowest BCUT2D eigenvalue weighted by Gasteiger charge is -2.35. The Bertz CT molecular complexity index is 413. The van der Waals surface area contributed by atoms with Gasteiger partial charge in [-0.2, -0.15) is 0 Å². The summed E-state index contributed by atoms with van der Waals surface area (Å²) in [6.45, 7) is 8.75. The zero-order chi connectivity index (χ0) is 14.4. The summed E-state index contributed by atoms with van der Waals surface area (Å²) in [7, 11) is 0. The summed E-state index contributed by atoms with van der Waals surface area (Å²) < 4.78 is 0. The van der Waals surface area contributed by atoms with Crippen LogP contribution in [0.2, 0.25) is 0 Å². The van der Waals surface area contributed by atoms with Gasteiger partial charge in [-0.3, -0.25) is 9.69 Å². The van der Waals surface area contributed by atoms with Gasteiger partial charge in [-0.25, -0.2) is 4.98 Å². The number of anilines is 1. The van der Waals surface area contributed by atoms with E-state index in [0.717, 1.165) is 38.5 Å². The first-order valence-electron chi connectivity index (χ1n) is 7.33. The van der Waals surface area contributed by atoms with Crippen molar-refractivity contribution in [3.05, 3.63) is 24.4 Å². The molecule has 20 heavy (non-hydrogen) atoms. The molecule has 0 aromatic carbocycles. The number of piperazine rings is 1. The van der Waals surface area contributed by atoms with Crippen LogP contribution in [0.15, 0.2) is 24.4 Å². The van der Waals surface area contributed by atoms with Crippen molar-refractivity contribution in [1.29, 1.82) is 0 Å². The molecule has 0 unspecified atom stereocenters. The Morgan fingerprint density at radius 3 is 2.65 bits per heavy atom. The largest absolute Gasteiger partial charge is 0.354 e. The summed E-state index contributed by atoms with van der Waals surface area (Å²) >= 11 is 0. The highest BCUT2D eigenvalue weighted by atomic mass is 16.1. The molecular weight excluding hydrogens is 252 g/mol. The van der Waals surface area contributed by atoms with Crippen LogP contribution in [0.1, 0.15) is 20.3 Å². The van der Waals surface area contributed by atoms with Gasteiger partial charge < -0.3 is 10.2 Å². The Morgan fingerprint density at radius 2 is 2.05 bits per heavy atom. The third-order valence-corrected chi connectivity index (χ3v) is 3.45. The number of pyridine rings is 1. The van der Waals surface area contributed by atoms with Gasteiger partial charge in [0.15, 0.2) is 0 Å². The molecule has 1 aliphatic rings. The van der Waals surface area contributed by atoms with Crippen LogP contribution in [-0.2, 0) is 4.79 Å². The molecule has 0 aliphatic carbocycles. The van der Waals surface area contributed by atoms with Gasteiger partial charge in [0.2, 0.25) is 5.91 Å². The van der Waals surface area contributed by atoms with E-state index in [4.69, 9.17) is 0 Å². The van der Waals surface area contributed by atoms with E-state index < -0.39 is 0 Å². The fourth-order valence-corrected chi connectivity index (χ4v) is 2.40. The second-order valence-corrected chi connectivity index (χ2v) is 5.49. The highest BCUT2D eigenvalue weighted by Gasteiger charge is 2.18. The average molecular weight is 276 g/mol. The zero-order valence-electron chi connectivity index (χ0n) is 12.4. The molecule has 0 spiro atoms. The maximum Gasteiger partial charge on any atom is 0.221 e. The Labute approximate surface area is 121 Å². The number of nitrogens with one attached hydrogen (secondary N) is 1. The quantitative estimate of drug-likeness (QED) is 0.875. The summed E-state index contributed by atoms with van der Waals surface area (Å²) in [5.41, 5.74) is 0. The molecule has 2 rings (SSSR count). The topological polar surface area (TPSA) is 48.5 Å². The first-order chi connectivity index (χ1) is 9.65. The molecule has 1 aromatic heterocycles. The third-order valence-electron chi connectivity index (χ3n) is 3.45. The first kappa shape index (κ1) is 14.8. The number of amides is 1. The van der Waals surface area contributed by atoms with Crippen molar-refractivity contribution >= 4 is 11.7 Å². The van der Waals surface area contributed by atoms with E-state index in [0.29, 0.717) is 6.42 Å². The second-order valence-electron chi connectivity index (χ2n) is 5.49. The van der Waals surface area contributed by atoms with Crippen molar-refractivity contribution in [2.75, 3.05) is 37.6 Å². The Balaban J connectivity index is 1.71. The fourth-order valence-electron chi connectivity index (χ4n) is 2.40. The smallest absolute Gasteiger partial charge is 0.221 e. The summed E-state index contributed by atoms with van der Waals surface area (Å²) in [6, 6.07) is 6.23. The maximum absolute atomic E-state index is 11.6. The van der Waals surface area contributed by atoms with Gasteiger partial charge in [-0.15, -0.1) is 0 Å². The van der Waals surface area contributed by atoms with Gasteiger partial charge in [0.25, 0.3) is 0 Å². The highest BCUT2D eigenvalue weighted by molar-refractivity contribution is 5.76. The van der Waals surface area contributed by atoms with Crippen LogP contribution in [0, 0.1) is 0 Å². The normalized spacial score (nSPS) is 16.4. The lowest BCUT2D eigenvalue weighted by molar-refractivity contribution is -0.121. The Kier molecular flexibility index (Phi) is 5.35. The number of hydrogen-bond acceptors (Lipinski definition) is 4. The molecular formula is C15H24N4O. The van der Waals surface area contributed by atoms with E-state index in [1.807, 2.05) is 38.2 Å². The number of aromatic nitrogens is 1. The molecule has 1 saturated heterocycles. The Hall–Kier alpha value is -1.62. The van der Waals surface area contributed by atoms with Gasteiger partial charge in [-0.05, 0) is 26.0 Å². The van der Waals surface area contributed by atoms with E-state index in [1.54, 1.807) is 0 Å². The van der Waals surface area contributed by atoms with E-state index in [1.165, 1.54) is 0 Å². The molecule has 1 fully saturated rings. The first-order valence-corrected chi connectivity index (χ1v) is 7.33. The molecule has 1 aromatic rings. The minimum atomic E-state index is 0.146. The summed E-state index contributed by atoms with van der Waals surface area (Å²) in [4.78, 5) is 20.6. The number of hydrogen-bond donors (Lipinski definition) is 1. The van der Waals surface area contributed by atoms with Crippen LogP contribution in [0.3, 0.4) is 0 Å². The monoisotopic (exact) mass is 276 g/mol. The summed E-state index contributed by atoms with van der Waals surface area (Å²) in [5, 5.41) is 2.93. The van der Waals surface area contributed by atoms with Crippen LogP contribution in [0.25, 0.3) is 0 Å². The molecule has 1 aliphatic heterocycles. The summed E-state index contributed by atoms with van der Waals surface area (Å²) in [6.07, 6.45) is 2.42. The van der Waals surface area contributed by atoms with Crippen molar-refractivity contribution in [3.63, 3.8) is 0 Å². The molecule has 0 radical (unpaired) electrons. The number of nitrogens with zero attached hydrogens (tertiary/aromatic N) is 3. The highest BCUT2D eigenvalue weighted by Crippen LogP contribution is 2.12. The SMILES string of the molecule is CC(C)NC(=O)CCN1CCN(c2ccccn2)CC1. The second kappa shape index (κ2) is 7.24. The van der Waals surface area contributed by atoms with Gasteiger partial charge >= 0.3 is 0 Å². The fraction of sp³-hybridized carbons (Fsp3) is 0.600. The van der Waals surface area contributed by atoms with Crippen molar-refractivity contribution in [2.45, 2.75) is 26.3 Å². The molecule has 5 nitrogen and oxygen atoms in total. The standard InChI is InChI=1S/C15H24N4O/c1-13(2)17-15(20)6-8-18-9-11-19(12-10-18)14-5-3-4-7-16-14/h3-5,7,13H,6,8-12H2,1-2H3,(H,17,20). The van der Waals surface area contributed by atoms with Crippen LogP contribution in [0.4, 0.5) is 5.82 Å². The maximum atomic E-state index is 11.6. The van der Waals surface area contributed by atoms with Gasteiger partial charge in [0, 0.05) is 51.4 Å². The van der Waals surface area contributed by atoms with Gasteiger partial charge in [-0.1, -0.05) is 6.07 Å². The van der Waals surface area contributed by atoms with Crippen molar-refractivity contribution in [3.8, 4) is 0 Å². The predicted octanol–water partition coefficient (Wildman–Crippen LogP) is 1.12. The van der Waals surface area contributed by atoms with Crippen LogP contribution < -0.4 is 10.2 Å². The lowest BCUT2D eigenvalue weighted by Crippen LogP contribution is -2.47. The van der Waals surface area contributed by atoms with E-state index in [-0.39, 0.29) is 11.9 Å². The molecule has 110 valence electrons. The van der Waals surface area contributed by atoms with Crippen molar-refractivity contribution in [2.24, 2.45) is 0 Å². The number of carbonyl (C=O) groups excluding carboxylic acids is 1. The summed E-state index contributed by atoms with van der Waals surface area (Å²) in [5.74, 6) is 1.19. The molecule has 0 saturated carbocycles. The average Bonchev–Trinajstić information content (AvgIpc) is 2.46. The van der Waals surface area contributed by atoms with E-state index in [2.05, 4.69) is 20.1 Å². The number of rotatable bonds is 5. The molecule has 1 N–H and O–H groups in total. The zero-order valence-corrected chi connectivity index (χ0v) is 12.4. The number of carbonyl (C=O) groups is 1. The molecule has 1 amide bonds. The van der Waals surface area contributed by atoms with Crippen molar-refractivity contribution < 1.29 is 4.79 Å². The van der Waals surface area contributed by atoms with Gasteiger partial charge in [0.05, 0.1) is 0 Å².